The summed E-state index contributed by atoms with van der Waals surface area (Å²) in [6, 6.07) is 17.7. The van der Waals surface area contributed by atoms with E-state index in [0.717, 1.165) is 33.2 Å². The molecule has 3 aromatic carbocycles. The number of hydrogen-bond donors (Lipinski definition) is 2. The molecule has 2 N–H and O–H groups in total. The first-order valence-electron chi connectivity index (χ1n) is 17.7. The van der Waals surface area contributed by atoms with E-state index in [4.69, 9.17) is 27.9 Å². The number of ether oxygens (including phenoxy) is 1. The van der Waals surface area contributed by atoms with Gasteiger partial charge in [-0.3, -0.25) is 29.6 Å². The van der Waals surface area contributed by atoms with Gasteiger partial charge in [-0.15, -0.1) is 0 Å². The number of nitrogens with one attached hydrogen (secondary N) is 1. The van der Waals surface area contributed by atoms with Crippen LogP contribution in [0.15, 0.2) is 90.5 Å². The van der Waals surface area contributed by atoms with Crippen LogP contribution >= 0.6 is 23.2 Å². The van der Waals surface area contributed by atoms with Gasteiger partial charge in [-0.1, -0.05) is 53.1 Å². The Morgan fingerprint density at radius 3 is 2.28 bits per heavy atom. The molecule has 0 bridgehead atoms. The highest BCUT2D eigenvalue weighted by molar-refractivity contribution is 6.33. The quantitative estimate of drug-likeness (QED) is 0.112. The maximum atomic E-state index is 15.3. The maximum absolute atomic E-state index is 15.3. The Balaban J connectivity index is 1.29. The second kappa shape index (κ2) is 13.8. The standard InChI is InChI=1S/C40H31Cl2F4N5O6/c1-49(34-28(42)14-16-31(47-34)40(44,45)46)51-35(53)25-13-12-24-26(32(25)37(51)55)18-27-36(54)50(48-23-10-8-22(43)9-11-23)38(56)39(27,20-4-6-21(41)7-5-20)33(24)19-3-15-30(57-2)29(52)17-19/h3-12,14-17,25-27,32-33,48,52H,13,18H2,1-2H3. The number of phenols is 1. The number of anilines is 2. The summed E-state index contributed by atoms with van der Waals surface area (Å²) < 4.78 is 60.3. The fraction of sp³-hybridized carbons (Fsp3) is 0.275. The minimum Gasteiger partial charge on any atom is -0.504 e. The van der Waals surface area contributed by atoms with Crippen LogP contribution in [0, 0.1) is 29.5 Å². The van der Waals surface area contributed by atoms with Crippen LogP contribution in [0.2, 0.25) is 10.0 Å². The molecule has 4 aromatic rings. The highest BCUT2D eigenvalue weighted by Gasteiger charge is 2.70. The van der Waals surface area contributed by atoms with Crippen molar-refractivity contribution in [3.8, 4) is 11.5 Å². The number of allylic oxidation sites excluding steroid dienone is 2. The zero-order valence-electron chi connectivity index (χ0n) is 29.9. The topological polar surface area (TPSA) is 132 Å². The Kier molecular flexibility index (Phi) is 9.23. The van der Waals surface area contributed by atoms with Crippen molar-refractivity contribution in [1.82, 2.24) is 15.0 Å². The van der Waals surface area contributed by atoms with E-state index in [2.05, 4.69) is 10.4 Å². The average Bonchev–Trinajstić information content (AvgIpc) is 3.56. The molecule has 57 heavy (non-hydrogen) atoms. The first-order chi connectivity index (χ1) is 27.1. The van der Waals surface area contributed by atoms with Crippen LogP contribution in [-0.2, 0) is 30.8 Å². The third-order valence-corrected chi connectivity index (χ3v) is 12.0. The third-order valence-electron chi connectivity index (χ3n) is 11.5. The molecule has 1 aromatic heterocycles. The number of nitrogens with zero attached hydrogens (tertiary/aromatic N) is 4. The number of imide groups is 2. The van der Waals surface area contributed by atoms with Gasteiger partial charge >= 0.3 is 6.18 Å². The number of pyridine rings is 1. The second-order valence-corrected chi connectivity index (χ2v) is 15.2. The van der Waals surface area contributed by atoms with Gasteiger partial charge in [0, 0.05) is 18.0 Å². The SMILES string of the molecule is COc1ccc(C2C3=CCC4C(=O)N(N(C)c5nc(C(F)(F)F)ccc5Cl)C(=O)C4C3CC3C(=O)N(Nc4ccc(F)cc4)C(=O)C32c2ccc(Cl)cc2)cc1O. The van der Waals surface area contributed by atoms with Crippen LogP contribution in [0.5, 0.6) is 11.5 Å². The molecule has 0 radical (unpaired) electrons. The fourth-order valence-corrected chi connectivity index (χ4v) is 9.46. The van der Waals surface area contributed by atoms with Gasteiger partial charge in [-0.25, -0.2) is 9.37 Å². The van der Waals surface area contributed by atoms with E-state index in [1.54, 1.807) is 36.4 Å². The number of rotatable bonds is 7. The first-order valence-corrected chi connectivity index (χ1v) is 18.4. The Bertz CT molecular complexity index is 2380. The van der Waals surface area contributed by atoms with Crippen molar-refractivity contribution in [2.24, 2.45) is 23.7 Å². The lowest BCUT2D eigenvalue weighted by molar-refractivity contribution is -0.142. The molecule has 8 rings (SSSR count). The summed E-state index contributed by atoms with van der Waals surface area (Å²) in [4.78, 5) is 62.5. The van der Waals surface area contributed by atoms with E-state index in [0.29, 0.717) is 27.8 Å². The van der Waals surface area contributed by atoms with Gasteiger partial charge in [0.15, 0.2) is 17.3 Å². The molecule has 11 nitrogen and oxygen atoms in total. The van der Waals surface area contributed by atoms with Crippen molar-refractivity contribution in [1.29, 1.82) is 0 Å². The molecule has 2 aliphatic heterocycles. The molecule has 4 amide bonds. The van der Waals surface area contributed by atoms with Gasteiger partial charge in [0.1, 0.15) is 11.5 Å². The van der Waals surface area contributed by atoms with Crippen molar-refractivity contribution in [3.63, 3.8) is 0 Å². The number of halogens is 6. The molecule has 2 saturated heterocycles. The number of hydrogen-bond acceptors (Lipinski definition) is 9. The number of benzene rings is 3. The molecule has 3 heterocycles. The van der Waals surface area contributed by atoms with Crippen molar-refractivity contribution < 1.29 is 46.6 Å². The van der Waals surface area contributed by atoms with E-state index in [-0.39, 0.29) is 35.1 Å². The zero-order chi connectivity index (χ0) is 40.7. The second-order valence-electron chi connectivity index (χ2n) is 14.3. The van der Waals surface area contributed by atoms with Crippen LogP contribution < -0.4 is 15.2 Å². The highest BCUT2D eigenvalue weighted by Crippen LogP contribution is 2.64. The maximum Gasteiger partial charge on any atom is 0.433 e. The summed E-state index contributed by atoms with van der Waals surface area (Å²) >= 11 is 12.6. The predicted molar refractivity (Wildman–Crippen MR) is 198 cm³/mol. The Morgan fingerprint density at radius 1 is 0.930 bits per heavy atom. The number of carbonyl (C=O) groups excluding carboxylic acids is 4. The predicted octanol–water partition coefficient (Wildman–Crippen LogP) is 7.30. The van der Waals surface area contributed by atoms with Crippen LogP contribution in [0.25, 0.3) is 0 Å². The molecular weight excluding hydrogens is 793 g/mol. The van der Waals surface area contributed by atoms with Gasteiger partial charge < -0.3 is 9.84 Å². The van der Waals surface area contributed by atoms with Crippen LogP contribution in [0.4, 0.5) is 29.1 Å². The normalized spacial score (nSPS) is 25.5. The minimum absolute atomic E-state index is 0.00511. The number of hydrazine groups is 2. The molecule has 6 atom stereocenters. The van der Waals surface area contributed by atoms with Crippen molar-refractivity contribution >= 4 is 58.3 Å². The molecule has 294 valence electrons. The highest BCUT2D eigenvalue weighted by atomic mass is 35.5. The van der Waals surface area contributed by atoms with Crippen LogP contribution in [0.1, 0.15) is 35.6 Å². The fourth-order valence-electron chi connectivity index (χ4n) is 9.11. The molecule has 17 heteroatoms. The average molecular weight is 825 g/mol. The molecule has 0 spiro atoms. The molecule has 1 saturated carbocycles. The van der Waals surface area contributed by atoms with Gasteiger partial charge in [0.05, 0.1) is 41.0 Å². The minimum atomic E-state index is -4.85. The third kappa shape index (κ3) is 5.89. The lowest BCUT2D eigenvalue weighted by Crippen LogP contribution is -2.53. The van der Waals surface area contributed by atoms with Crippen molar-refractivity contribution in [2.45, 2.75) is 30.4 Å². The number of aromatic hydroxyl groups is 1. The summed E-state index contributed by atoms with van der Waals surface area (Å²) in [5.74, 6) is -9.17. The van der Waals surface area contributed by atoms with Crippen LogP contribution in [0.3, 0.4) is 0 Å². The number of aromatic nitrogens is 1. The molecular formula is C40H31Cl2F4N5O6. The number of alkyl halides is 3. The number of amides is 4. The summed E-state index contributed by atoms with van der Waals surface area (Å²) in [7, 11) is 2.58. The number of carbonyl (C=O) groups is 4. The summed E-state index contributed by atoms with van der Waals surface area (Å²) in [5.41, 5.74) is 1.41. The number of phenolic OH excluding ortho intramolecular Hbond substituents is 1. The van der Waals surface area contributed by atoms with E-state index >= 15 is 4.79 Å². The number of fused-ring (bicyclic) bond motifs is 4. The van der Waals surface area contributed by atoms with E-state index in [1.807, 2.05) is 0 Å². The van der Waals surface area contributed by atoms with Gasteiger partial charge in [-0.2, -0.15) is 23.2 Å². The smallest absolute Gasteiger partial charge is 0.433 e. The summed E-state index contributed by atoms with van der Waals surface area (Å²) in [6.07, 6.45) is -3.20. The molecule has 4 aliphatic rings. The van der Waals surface area contributed by atoms with Gasteiger partial charge in [0.25, 0.3) is 23.6 Å². The summed E-state index contributed by atoms with van der Waals surface area (Å²) in [6.45, 7) is 0. The number of methoxy groups -OCH3 is 1. The Hall–Kier alpha value is -5.67. The van der Waals surface area contributed by atoms with Gasteiger partial charge in [0.2, 0.25) is 0 Å². The van der Waals surface area contributed by atoms with E-state index in [1.165, 1.54) is 38.4 Å². The zero-order valence-corrected chi connectivity index (χ0v) is 31.4. The molecule has 3 fully saturated rings. The lowest BCUT2D eigenvalue weighted by Gasteiger charge is -2.50. The molecule has 2 aliphatic carbocycles. The van der Waals surface area contributed by atoms with Crippen LogP contribution in [-0.4, -0.2) is 57.9 Å². The van der Waals surface area contributed by atoms with Crippen molar-refractivity contribution in [3.05, 3.63) is 123 Å². The monoisotopic (exact) mass is 823 g/mol. The van der Waals surface area contributed by atoms with Crippen molar-refractivity contribution in [2.75, 3.05) is 24.6 Å². The van der Waals surface area contributed by atoms with E-state index < -0.39 is 82.1 Å². The largest absolute Gasteiger partial charge is 0.504 e. The van der Waals surface area contributed by atoms with Gasteiger partial charge in [-0.05, 0) is 90.6 Å². The first kappa shape index (κ1) is 38.2. The van der Waals surface area contributed by atoms with E-state index in [9.17, 15) is 37.1 Å². The Morgan fingerprint density at radius 2 is 1.63 bits per heavy atom. The molecule has 6 unspecified atom stereocenters. The summed E-state index contributed by atoms with van der Waals surface area (Å²) in [5, 5.41) is 13.7. The Labute approximate surface area is 332 Å². The lowest BCUT2D eigenvalue weighted by atomic mass is 9.49.